The molecule has 1 aromatic rings. The Bertz CT molecular complexity index is 503. The topological polar surface area (TPSA) is 119 Å². The molecule has 20 heavy (non-hydrogen) atoms. The van der Waals surface area contributed by atoms with Gasteiger partial charge in [0, 0.05) is 17.7 Å². The highest BCUT2D eigenvalue weighted by Gasteiger charge is 2.30. The van der Waals surface area contributed by atoms with Gasteiger partial charge >= 0.3 is 5.97 Å². The minimum absolute atomic E-state index is 0.0565. The smallest absolute Gasteiger partial charge is 0.337 e. The Hall–Kier alpha value is -2.19. The molecule has 0 radical (unpaired) electrons. The van der Waals surface area contributed by atoms with E-state index >= 15 is 0 Å². The maximum absolute atomic E-state index is 11.2. The van der Waals surface area contributed by atoms with E-state index in [9.17, 15) is 25.1 Å². The van der Waals surface area contributed by atoms with Crippen LogP contribution in [0.1, 0.15) is 18.6 Å². The fourth-order valence-corrected chi connectivity index (χ4v) is 1.59. The van der Waals surface area contributed by atoms with E-state index in [2.05, 4.69) is 4.74 Å². The fourth-order valence-electron chi connectivity index (χ4n) is 1.59. The van der Waals surface area contributed by atoms with Crippen LogP contribution in [0.3, 0.4) is 0 Å². The summed E-state index contributed by atoms with van der Waals surface area (Å²) in [6, 6.07) is 3.54. The summed E-state index contributed by atoms with van der Waals surface area (Å²) in [5.74, 6) is -0.903. The molecule has 0 saturated heterocycles. The first-order valence-electron chi connectivity index (χ1n) is 5.77. The Labute approximate surface area is 114 Å². The van der Waals surface area contributed by atoms with Gasteiger partial charge in [0.05, 0.1) is 18.6 Å². The number of nitrogens with zero attached hydrogens (tertiary/aromatic N) is 1. The number of aliphatic hydroxyl groups excluding tert-OH is 2. The lowest BCUT2D eigenvalue weighted by molar-refractivity contribution is -0.385. The van der Waals surface area contributed by atoms with Crippen molar-refractivity contribution in [2.75, 3.05) is 13.7 Å². The second kappa shape index (κ2) is 6.83. The van der Waals surface area contributed by atoms with Gasteiger partial charge in [0.1, 0.15) is 11.9 Å². The Kier molecular flexibility index (Phi) is 5.42. The van der Waals surface area contributed by atoms with Crippen molar-refractivity contribution in [2.45, 2.75) is 19.1 Å². The molecule has 0 spiro atoms. The van der Waals surface area contributed by atoms with Crippen molar-refractivity contribution in [3.8, 4) is 5.75 Å². The molecule has 1 rings (SSSR count). The molecule has 0 aliphatic heterocycles. The van der Waals surface area contributed by atoms with Gasteiger partial charge in [-0.05, 0) is 13.0 Å². The summed E-state index contributed by atoms with van der Waals surface area (Å²) in [7, 11) is 1.05. The summed E-state index contributed by atoms with van der Waals surface area (Å²) in [5, 5.41) is 30.3. The first kappa shape index (κ1) is 15.9. The lowest BCUT2D eigenvalue weighted by Gasteiger charge is -2.18. The molecule has 2 N–H and O–H groups in total. The number of ether oxygens (including phenoxy) is 2. The van der Waals surface area contributed by atoms with Crippen molar-refractivity contribution in [2.24, 2.45) is 0 Å². The molecule has 0 aromatic heterocycles. The Balaban J connectivity index is 3.20. The molecule has 0 aliphatic rings. The number of aliphatic hydroxyl groups is 2. The van der Waals surface area contributed by atoms with Gasteiger partial charge in [-0.3, -0.25) is 10.1 Å². The third-order valence-corrected chi connectivity index (χ3v) is 2.56. The van der Waals surface area contributed by atoms with E-state index in [1.165, 1.54) is 12.1 Å². The molecular weight excluding hydrogens is 270 g/mol. The van der Waals surface area contributed by atoms with Gasteiger partial charge in [0.25, 0.3) is 5.69 Å². The van der Waals surface area contributed by atoms with Gasteiger partial charge in [0.2, 0.25) is 0 Å². The predicted octanol–water partition coefficient (Wildman–Crippen LogP) is 0.561. The lowest BCUT2D eigenvalue weighted by atomic mass is 10.0. The number of benzene rings is 1. The summed E-state index contributed by atoms with van der Waals surface area (Å²) >= 11 is 0. The van der Waals surface area contributed by atoms with E-state index in [0.29, 0.717) is 0 Å². The van der Waals surface area contributed by atoms with Crippen LogP contribution in [0.4, 0.5) is 5.69 Å². The van der Waals surface area contributed by atoms with Gasteiger partial charge in [-0.1, -0.05) is 0 Å². The summed E-state index contributed by atoms with van der Waals surface area (Å²) in [4.78, 5) is 21.3. The van der Waals surface area contributed by atoms with Crippen molar-refractivity contribution in [1.82, 2.24) is 0 Å². The number of hydrogen-bond acceptors (Lipinski definition) is 7. The zero-order chi connectivity index (χ0) is 15.3. The van der Waals surface area contributed by atoms with Crippen LogP contribution in [0.15, 0.2) is 18.2 Å². The first-order chi connectivity index (χ1) is 9.42. The number of esters is 1. The molecule has 0 bridgehead atoms. The molecule has 8 nitrogen and oxygen atoms in total. The van der Waals surface area contributed by atoms with Crippen molar-refractivity contribution >= 4 is 11.7 Å². The minimum Gasteiger partial charge on any atom is -0.493 e. The number of methoxy groups -OCH3 is 1. The Morgan fingerprint density at radius 3 is 2.60 bits per heavy atom. The lowest BCUT2D eigenvalue weighted by Crippen LogP contribution is -2.29. The molecule has 2 atom stereocenters. The maximum atomic E-state index is 11.2. The standard InChI is InChI=1S/C12H15NO7/c1-3-20-9-5-4-7(13(17)18)6-8(9)10(14)11(15)12(16)19-2/h4-6,10-11,14-15H,3H2,1-2H3. The summed E-state index contributed by atoms with van der Waals surface area (Å²) in [6.07, 6.45) is -3.55. The van der Waals surface area contributed by atoms with Crippen LogP contribution in [0.2, 0.25) is 0 Å². The zero-order valence-electron chi connectivity index (χ0n) is 11.0. The second-order valence-corrected chi connectivity index (χ2v) is 3.83. The van der Waals surface area contributed by atoms with Gasteiger partial charge in [0.15, 0.2) is 6.10 Å². The molecule has 0 fully saturated rings. The molecule has 2 unspecified atom stereocenters. The van der Waals surface area contributed by atoms with Crippen LogP contribution in [0.25, 0.3) is 0 Å². The van der Waals surface area contributed by atoms with Gasteiger partial charge in [-0.15, -0.1) is 0 Å². The van der Waals surface area contributed by atoms with Crippen molar-refractivity contribution in [3.05, 3.63) is 33.9 Å². The van der Waals surface area contributed by atoms with Gasteiger partial charge in [-0.25, -0.2) is 4.79 Å². The SMILES string of the molecule is CCOc1ccc([N+](=O)[O-])cc1C(O)C(O)C(=O)OC. The minimum atomic E-state index is -1.86. The van der Waals surface area contributed by atoms with E-state index in [1.54, 1.807) is 6.92 Å². The number of hydrogen-bond donors (Lipinski definition) is 2. The highest BCUT2D eigenvalue weighted by Crippen LogP contribution is 2.31. The number of carbonyl (C=O) groups excluding carboxylic acids is 1. The van der Waals surface area contributed by atoms with Crippen LogP contribution in [-0.2, 0) is 9.53 Å². The Morgan fingerprint density at radius 2 is 2.10 bits per heavy atom. The molecule has 0 saturated carbocycles. The van der Waals surface area contributed by atoms with Gasteiger partial charge < -0.3 is 19.7 Å². The van der Waals surface area contributed by atoms with Crippen molar-refractivity contribution < 1.29 is 29.4 Å². The van der Waals surface area contributed by atoms with E-state index in [-0.39, 0.29) is 23.6 Å². The summed E-state index contributed by atoms with van der Waals surface area (Å²) in [6.45, 7) is 1.94. The summed E-state index contributed by atoms with van der Waals surface area (Å²) < 4.78 is 9.52. The van der Waals surface area contributed by atoms with E-state index in [0.717, 1.165) is 13.2 Å². The van der Waals surface area contributed by atoms with Crippen molar-refractivity contribution in [3.63, 3.8) is 0 Å². The van der Waals surface area contributed by atoms with Gasteiger partial charge in [-0.2, -0.15) is 0 Å². The normalized spacial score (nSPS) is 13.4. The first-order valence-corrected chi connectivity index (χ1v) is 5.77. The number of non-ortho nitro benzene ring substituents is 1. The second-order valence-electron chi connectivity index (χ2n) is 3.83. The molecule has 0 heterocycles. The number of carbonyl (C=O) groups is 1. The third kappa shape index (κ3) is 3.43. The zero-order valence-corrected chi connectivity index (χ0v) is 11.0. The quantitative estimate of drug-likeness (QED) is 0.445. The monoisotopic (exact) mass is 285 g/mol. The summed E-state index contributed by atoms with van der Waals surface area (Å²) in [5.41, 5.74) is -0.349. The van der Waals surface area contributed by atoms with E-state index in [4.69, 9.17) is 4.74 Å². The molecule has 1 aromatic carbocycles. The molecule has 110 valence electrons. The predicted molar refractivity (Wildman–Crippen MR) is 67.2 cm³/mol. The maximum Gasteiger partial charge on any atom is 0.337 e. The highest BCUT2D eigenvalue weighted by atomic mass is 16.6. The van der Waals surface area contributed by atoms with Crippen LogP contribution in [0.5, 0.6) is 5.75 Å². The average Bonchev–Trinajstić information content (AvgIpc) is 2.45. The van der Waals surface area contributed by atoms with E-state index < -0.39 is 23.1 Å². The number of nitro groups is 1. The van der Waals surface area contributed by atoms with E-state index in [1.807, 2.05) is 0 Å². The molecule has 8 heteroatoms. The van der Waals surface area contributed by atoms with Crippen LogP contribution in [-0.4, -0.2) is 40.9 Å². The molecular formula is C12H15NO7. The van der Waals surface area contributed by atoms with Crippen molar-refractivity contribution in [1.29, 1.82) is 0 Å². The average molecular weight is 285 g/mol. The molecule has 0 amide bonds. The highest BCUT2D eigenvalue weighted by molar-refractivity contribution is 5.75. The fraction of sp³-hybridized carbons (Fsp3) is 0.417. The Morgan fingerprint density at radius 1 is 1.45 bits per heavy atom. The van der Waals surface area contributed by atoms with Crippen LogP contribution >= 0.6 is 0 Å². The van der Waals surface area contributed by atoms with Crippen LogP contribution < -0.4 is 4.74 Å². The number of nitro benzene ring substituents is 1. The number of rotatable bonds is 6. The molecule has 0 aliphatic carbocycles. The third-order valence-electron chi connectivity index (χ3n) is 2.56. The largest absolute Gasteiger partial charge is 0.493 e. The van der Waals surface area contributed by atoms with Crippen LogP contribution in [0, 0.1) is 10.1 Å².